The van der Waals surface area contributed by atoms with Gasteiger partial charge in [-0.2, -0.15) is 0 Å². The number of ether oxygens (including phenoxy) is 1. The molecule has 1 N–H and O–H groups in total. The van der Waals surface area contributed by atoms with E-state index in [1.54, 1.807) is 7.11 Å². The Bertz CT molecular complexity index is 536. The van der Waals surface area contributed by atoms with Crippen molar-refractivity contribution in [2.45, 2.75) is 39.3 Å². The second kappa shape index (κ2) is 7.84. The lowest BCUT2D eigenvalue weighted by Gasteiger charge is -2.19. The Hall–Kier alpha value is -1.81. The molecule has 2 rings (SSSR count). The third kappa shape index (κ3) is 4.33. The average Bonchev–Trinajstić information content (AvgIpc) is 2.86. The zero-order valence-electron chi connectivity index (χ0n) is 13.2. The summed E-state index contributed by atoms with van der Waals surface area (Å²) in [5, 5.41) is 3.57. The molecule has 1 atom stereocenters. The van der Waals surface area contributed by atoms with Crippen LogP contribution in [0.1, 0.15) is 37.1 Å². The Morgan fingerprint density at radius 1 is 1.29 bits per heavy atom. The first-order valence-electron chi connectivity index (χ1n) is 7.58. The maximum absolute atomic E-state index is 5.13. The van der Waals surface area contributed by atoms with Gasteiger partial charge < -0.3 is 14.6 Å². The van der Waals surface area contributed by atoms with Crippen LogP contribution in [0.15, 0.2) is 36.5 Å². The summed E-state index contributed by atoms with van der Waals surface area (Å²) >= 11 is 0. The normalized spacial score (nSPS) is 12.3. The maximum Gasteiger partial charge on any atom is 0.203 e. The summed E-state index contributed by atoms with van der Waals surface area (Å²) in [7, 11) is 1.74. The summed E-state index contributed by atoms with van der Waals surface area (Å²) in [5.74, 6) is 0.944. The Labute approximate surface area is 127 Å². The van der Waals surface area contributed by atoms with E-state index < -0.39 is 0 Å². The monoisotopic (exact) mass is 287 g/mol. The van der Waals surface area contributed by atoms with Gasteiger partial charge in [0.05, 0.1) is 11.7 Å². The molecule has 1 aromatic heterocycles. The van der Waals surface area contributed by atoms with Crippen molar-refractivity contribution in [2.75, 3.05) is 19.0 Å². The number of hydrogen-bond acceptors (Lipinski definition) is 3. The number of imidazole rings is 1. The van der Waals surface area contributed by atoms with Gasteiger partial charge in [-0.1, -0.05) is 37.3 Å². The van der Waals surface area contributed by atoms with Crippen molar-refractivity contribution in [3.8, 4) is 0 Å². The van der Waals surface area contributed by atoms with E-state index in [4.69, 9.17) is 4.74 Å². The van der Waals surface area contributed by atoms with Crippen LogP contribution in [0.25, 0.3) is 0 Å². The summed E-state index contributed by atoms with van der Waals surface area (Å²) in [6.07, 6.45) is 4.10. The summed E-state index contributed by atoms with van der Waals surface area (Å²) in [6.45, 7) is 5.91. The fourth-order valence-electron chi connectivity index (χ4n) is 2.47. The molecule has 0 bridgehead atoms. The lowest BCUT2D eigenvalue weighted by Crippen LogP contribution is -2.14. The van der Waals surface area contributed by atoms with Gasteiger partial charge in [-0.15, -0.1) is 0 Å². The Morgan fingerprint density at radius 3 is 2.71 bits per heavy atom. The van der Waals surface area contributed by atoms with E-state index in [0.717, 1.165) is 37.6 Å². The van der Waals surface area contributed by atoms with Crippen LogP contribution < -0.4 is 5.32 Å². The molecule has 1 aromatic carbocycles. The van der Waals surface area contributed by atoms with Gasteiger partial charge in [0.2, 0.25) is 5.95 Å². The third-order valence-electron chi connectivity index (χ3n) is 3.56. The third-order valence-corrected chi connectivity index (χ3v) is 3.56. The molecule has 0 amide bonds. The van der Waals surface area contributed by atoms with Crippen LogP contribution in [0.5, 0.6) is 0 Å². The van der Waals surface area contributed by atoms with E-state index >= 15 is 0 Å². The molecular weight excluding hydrogens is 262 g/mol. The summed E-state index contributed by atoms with van der Waals surface area (Å²) in [6, 6.07) is 10.8. The Balaban J connectivity index is 2.10. The quantitative estimate of drug-likeness (QED) is 0.751. The Kier molecular flexibility index (Phi) is 5.81. The van der Waals surface area contributed by atoms with Gasteiger partial charge in [-0.3, -0.25) is 0 Å². The van der Waals surface area contributed by atoms with Crippen LogP contribution >= 0.6 is 0 Å². The molecule has 0 aliphatic rings. The number of anilines is 1. The highest BCUT2D eigenvalue weighted by molar-refractivity contribution is 5.34. The number of nitrogens with zero attached hydrogens (tertiary/aromatic N) is 2. The predicted octanol–water partition coefficient (Wildman–Crippen LogP) is 3.79. The summed E-state index contributed by atoms with van der Waals surface area (Å²) < 4.78 is 7.31. The van der Waals surface area contributed by atoms with E-state index in [2.05, 4.69) is 52.3 Å². The van der Waals surface area contributed by atoms with Crippen molar-refractivity contribution in [2.24, 2.45) is 0 Å². The molecule has 114 valence electrons. The van der Waals surface area contributed by atoms with E-state index in [-0.39, 0.29) is 6.04 Å². The van der Waals surface area contributed by atoms with E-state index in [9.17, 15) is 0 Å². The minimum atomic E-state index is 0.286. The molecule has 0 aliphatic carbocycles. The standard InChI is InChI=1S/C17H25N3O/c1-4-16(15-9-6-5-7-10-15)19-17-18-14(2)13-20(17)11-8-12-21-3/h5-7,9-10,13,16H,4,8,11-12H2,1-3H3,(H,18,19). The highest BCUT2D eigenvalue weighted by atomic mass is 16.5. The lowest BCUT2D eigenvalue weighted by molar-refractivity contribution is 0.190. The van der Waals surface area contributed by atoms with Crippen molar-refractivity contribution in [1.82, 2.24) is 9.55 Å². The molecule has 0 spiro atoms. The highest BCUT2D eigenvalue weighted by Crippen LogP contribution is 2.22. The first-order chi connectivity index (χ1) is 10.2. The zero-order chi connectivity index (χ0) is 15.1. The number of nitrogens with one attached hydrogen (secondary N) is 1. The minimum absolute atomic E-state index is 0.286. The van der Waals surface area contributed by atoms with Crippen molar-refractivity contribution in [3.63, 3.8) is 0 Å². The molecule has 1 unspecified atom stereocenters. The van der Waals surface area contributed by atoms with Crippen LogP contribution in [-0.4, -0.2) is 23.3 Å². The topological polar surface area (TPSA) is 39.1 Å². The number of aromatic nitrogens is 2. The van der Waals surface area contributed by atoms with Crippen LogP contribution in [0, 0.1) is 6.92 Å². The SMILES string of the molecule is CCC(Nc1nc(C)cn1CCCOC)c1ccccc1. The molecule has 0 radical (unpaired) electrons. The molecule has 0 saturated heterocycles. The van der Waals surface area contributed by atoms with E-state index in [0.29, 0.717) is 0 Å². The van der Waals surface area contributed by atoms with Gasteiger partial charge in [0.1, 0.15) is 0 Å². The molecule has 4 heteroatoms. The minimum Gasteiger partial charge on any atom is -0.385 e. The Morgan fingerprint density at radius 2 is 2.05 bits per heavy atom. The molecule has 1 heterocycles. The van der Waals surface area contributed by atoms with Gasteiger partial charge in [-0.05, 0) is 25.3 Å². The fraction of sp³-hybridized carbons (Fsp3) is 0.471. The van der Waals surface area contributed by atoms with Crippen LogP contribution in [0.4, 0.5) is 5.95 Å². The molecule has 0 fully saturated rings. The smallest absolute Gasteiger partial charge is 0.203 e. The predicted molar refractivity (Wildman–Crippen MR) is 86.6 cm³/mol. The van der Waals surface area contributed by atoms with Gasteiger partial charge in [-0.25, -0.2) is 4.98 Å². The first kappa shape index (κ1) is 15.6. The second-order valence-corrected chi connectivity index (χ2v) is 5.26. The van der Waals surface area contributed by atoms with Crippen LogP contribution in [0.2, 0.25) is 0 Å². The molecule has 4 nitrogen and oxygen atoms in total. The number of benzene rings is 1. The van der Waals surface area contributed by atoms with Crippen molar-refractivity contribution < 1.29 is 4.74 Å². The van der Waals surface area contributed by atoms with Crippen molar-refractivity contribution >= 4 is 5.95 Å². The van der Waals surface area contributed by atoms with Gasteiger partial charge >= 0.3 is 0 Å². The first-order valence-corrected chi connectivity index (χ1v) is 7.58. The number of hydrogen-bond donors (Lipinski definition) is 1. The molecule has 2 aromatic rings. The highest BCUT2D eigenvalue weighted by Gasteiger charge is 2.12. The average molecular weight is 287 g/mol. The summed E-state index contributed by atoms with van der Waals surface area (Å²) in [4.78, 5) is 4.61. The maximum atomic E-state index is 5.13. The zero-order valence-corrected chi connectivity index (χ0v) is 13.2. The molecule has 0 aliphatic heterocycles. The van der Waals surface area contributed by atoms with Crippen molar-refractivity contribution in [3.05, 3.63) is 47.8 Å². The number of methoxy groups -OCH3 is 1. The lowest BCUT2D eigenvalue weighted by atomic mass is 10.1. The number of rotatable bonds is 8. The molecule has 0 saturated carbocycles. The largest absolute Gasteiger partial charge is 0.385 e. The molecular formula is C17H25N3O. The van der Waals surface area contributed by atoms with Crippen molar-refractivity contribution in [1.29, 1.82) is 0 Å². The molecule has 21 heavy (non-hydrogen) atoms. The summed E-state index contributed by atoms with van der Waals surface area (Å²) in [5.41, 5.74) is 2.34. The van der Waals surface area contributed by atoms with Crippen LogP contribution in [0.3, 0.4) is 0 Å². The van der Waals surface area contributed by atoms with Gasteiger partial charge in [0.15, 0.2) is 0 Å². The fourth-order valence-corrected chi connectivity index (χ4v) is 2.47. The van der Waals surface area contributed by atoms with E-state index in [1.165, 1.54) is 5.56 Å². The van der Waals surface area contributed by atoms with Gasteiger partial charge in [0, 0.05) is 26.5 Å². The number of aryl methyl sites for hydroxylation is 2. The van der Waals surface area contributed by atoms with Crippen LogP contribution in [-0.2, 0) is 11.3 Å². The van der Waals surface area contributed by atoms with Gasteiger partial charge in [0.25, 0.3) is 0 Å². The second-order valence-electron chi connectivity index (χ2n) is 5.26. The van der Waals surface area contributed by atoms with E-state index in [1.807, 2.05) is 13.0 Å².